The Hall–Kier alpha value is -0.750. The van der Waals surface area contributed by atoms with Crippen molar-refractivity contribution in [2.45, 2.75) is 124 Å². The Morgan fingerprint density at radius 2 is 1.81 bits per heavy atom. The summed E-state index contributed by atoms with van der Waals surface area (Å²) in [6, 6.07) is 0. The third-order valence-electron chi connectivity index (χ3n) is 12.6. The summed E-state index contributed by atoms with van der Waals surface area (Å²) in [7, 11) is 1.71. The highest BCUT2D eigenvalue weighted by atomic mass is 16.7. The molecule has 2 N–H and O–H groups in total. The van der Waals surface area contributed by atoms with Crippen molar-refractivity contribution < 1.29 is 24.5 Å². The van der Waals surface area contributed by atoms with Crippen molar-refractivity contribution in [3.63, 3.8) is 0 Å². The molecule has 0 unspecified atom stereocenters. The standard InChI is InChI=1S/C31H50O5/c1-27(2)23-10-9-21-20(29(23,5)14-13-24(27)32)12-16-30(6)19(11-15-31(21,30)7)18-17-22(36-26(18)35-8)25(33)28(3,4)34/h9,18-20,22-23,25-26,33-34H,10-17H2,1-8H3/t18-,19-,20+,22+,23+,25-,26-,29-,30+,31-/m1/s1. The molecule has 5 aliphatic rings. The van der Waals surface area contributed by atoms with Crippen LogP contribution in [0, 0.1) is 45.3 Å². The van der Waals surface area contributed by atoms with E-state index in [9.17, 15) is 15.0 Å². The van der Waals surface area contributed by atoms with Gasteiger partial charge in [0.2, 0.25) is 0 Å². The van der Waals surface area contributed by atoms with E-state index in [0.717, 1.165) is 32.1 Å². The Morgan fingerprint density at radius 1 is 1.11 bits per heavy atom. The van der Waals surface area contributed by atoms with E-state index in [1.807, 2.05) is 0 Å². The smallest absolute Gasteiger partial charge is 0.160 e. The van der Waals surface area contributed by atoms with Crippen molar-refractivity contribution in [1.29, 1.82) is 0 Å². The van der Waals surface area contributed by atoms with Gasteiger partial charge in [0.05, 0.1) is 11.7 Å². The van der Waals surface area contributed by atoms with Crippen LogP contribution >= 0.6 is 0 Å². The maximum absolute atomic E-state index is 12.9. The predicted octanol–water partition coefficient (Wildman–Crippen LogP) is 5.67. The largest absolute Gasteiger partial charge is 0.388 e. The highest BCUT2D eigenvalue weighted by molar-refractivity contribution is 5.85. The van der Waals surface area contributed by atoms with Gasteiger partial charge in [-0.05, 0) is 92.8 Å². The zero-order chi connectivity index (χ0) is 26.5. The Bertz CT molecular complexity index is 932. The first-order valence-corrected chi connectivity index (χ1v) is 14.4. The van der Waals surface area contributed by atoms with Gasteiger partial charge in [0.15, 0.2) is 6.29 Å². The Kier molecular flexibility index (Phi) is 6.24. The summed E-state index contributed by atoms with van der Waals surface area (Å²) in [6.07, 6.45) is 9.03. The average molecular weight is 503 g/mol. The molecule has 3 saturated carbocycles. The number of methoxy groups -OCH3 is 1. The van der Waals surface area contributed by atoms with Crippen molar-refractivity contribution in [3.8, 4) is 0 Å². The number of ketones is 1. The van der Waals surface area contributed by atoms with Crippen LogP contribution in [0.1, 0.15) is 99.8 Å². The molecule has 10 atom stereocenters. The first kappa shape index (κ1) is 26.8. The monoisotopic (exact) mass is 502 g/mol. The van der Waals surface area contributed by atoms with Gasteiger partial charge in [-0.1, -0.05) is 46.3 Å². The van der Waals surface area contributed by atoms with Crippen molar-refractivity contribution in [2.75, 3.05) is 7.11 Å². The highest BCUT2D eigenvalue weighted by Crippen LogP contribution is 2.73. The Labute approximate surface area is 218 Å². The minimum Gasteiger partial charge on any atom is -0.388 e. The number of allylic oxidation sites excluding steroid dienone is 2. The molecule has 0 bridgehead atoms. The van der Waals surface area contributed by atoms with Gasteiger partial charge in [-0.3, -0.25) is 4.79 Å². The molecule has 1 heterocycles. The van der Waals surface area contributed by atoms with Gasteiger partial charge in [0, 0.05) is 24.9 Å². The van der Waals surface area contributed by atoms with Gasteiger partial charge < -0.3 is 19.7 Å². The van der Waals surface area contributed by atoms with Crippen LogP contribution in [0.25, 0.3) is 0 Å². The number of fused-ring (bicyclic) bond motifs is 5. The molecular formula is C31H50O5. The number of carbonyl (C=O) groups excluding carboxylic acids is 1. The molecule has 204 valence electrons. The zero-order valence-corrected chi connectivity index (χ0v) is 23.9. The molecule has 5 heteroatoms. The van der Waals surface area contributed by atoms with E-state index in [4.69, 9.17) is 9.47 Å². The molecule has 1 aliphatic heterocycles. The van der Waals surface area contributed by atoms with Crippen LogP contribution < -0.4 is 0 Å². The highest BCUT2D eigenvalue weighted by Gasteiger charge is 2.66. The molecule has 0 aromatic rings. The van der Waals surface area contributed by atoms with E-state index >= 15 is 0 Å². The maximum atomic E-state index is 12.9. The molecule has 0 aromatic carbocycles. The van der Waals surface area contributed by atoms with E-state index in [1.54, 1.807) is 26.5 Å². The Morgan fingerprint density at radius 3 is 2.44 bits per heavy atom. The molecule has 0 spiro atoms. The fourth-order valence-electron chi connectivity index (χ4n) is 10.2. The molecule has 0 radical (unpaired) electrons. The fourth-order valence-corrected chi connectivity index (χ4v) is 10.2. The summed E-state index contributed by atoms with van der Waals surface area (Å²) in [6.45, 7) is 15.2. The van der Waals surface area contributed by atoms with Crippen molar-refractivity contribution >= 4 is 5.78 Å². The van der Waals surface area contributed by atoms with E-state index in [1.165, 1.54) is 19.3 Å². The summed E-state index contributed by atoms with van der Waals surface area (Å²) in [5, 5.41) is 21.2. The number of ether oxygens (including phenoxy) is 2. The van der Waals surface area contributed by atoms with Crippen LogP contribution in [0.2, 0.25) is 0 Å². The molecule has 5 nitrogen and oxygen atoms in total. The summed E-state index contributed by atoms with van der Waals surface area (Å²) in [5.41, 5.74) is 0.681. The first-order valence-electron chi connectivity index (χ1n) is 14.4. The zero-order valence-electron chi connectivity index (χ0n) is 23.9. The second kappa shape index (κ2) is 8.37. The van der Waals surface area contributed by atoms with E-state index < -0.39 is 17.8 Å². The lowest BCUT2D eigenvalue weighted by atomic mass is 9.41. The number of hydrogen-bond donors (Lipinski definition) is 2. The van der Waals surface area contributed by atoms with Crippen molar-refractivity contribution in [2.24, 2.45) is 45.3 Å². The topological polar surface area (TPSA) is 76.0 Å². The molecule has 1 saturated heterocycles. The third kappa shape index (κ3) is 3.51. The minimum atomic E-state index is -1.21. The van der Waals surface area contributed by atoms with Crippen molar-refractivity contribution in [1.82, 2.24) is 0 Å². The lowest BCUT2D eigenvalue weighted by Crippen LogP contribution is -2.57. The van der Waals surface area contributed by atoms with Gasteiger partial charge in [-0.15, -0.1) is 0 Å². The molecule has 0 aromatic heterocycles. The molecule has 0 amide bonds. The number of carbonyl (C=O) groups is 1. The summed E-state index contributed by atoms with van der Waals surface area (Å²) in [4.78, 5) is 12.9. The molecule has 5 rings (SSSR count). The van der Waals surface area contributed by atoms with Crippen LogP contribution in [0.15, 0.2) is 11.6 Å². The normalized spacial score (nSPS) is 49.2. The number of aliphatic hydroxyl groups excluding tert-OH is 1. The predicted molar refractivity (Wildman–Crippen MR) is 140 cm³/mol. The summed E-state index contributed by atoms with van der Waals surface area (Å²) in [5.74, 6) is 2.09. The first-order chi connectivity index (χ1) is 16.6. The second-order valence-corrected chi connectivity index (χ2v) is 14.9. The van der Waals surface area contributed by atoms with Gasteiger partial charge in [-0.2, -0.15) is 0 Å². The van der Waals surface area contributed by atoms with Crippen molar-refractivity contribution in [3.05, 3.63) is 11.6 Å². The number of rotatable bonds is 4. The van der Waals surface area contributed by atoms with Crippen LogP contribution in [0.3, 0.4) is 0 Å². The Balaban J connectivity index is 1.45. The third-order valence-corrected chi connectivity index (χ3v) is 12.6. The molecule has 4 aliphatic carbocycles. The average Bonchev–Trinajstić information content (AvgIpc) is 3.33. The lowest BCUT2D eigenvalue weighted by Gasteiger charge is -2.63. The fraction of sp³-hybridized carbons (Fsp3) is 0.903. The van der Waals surface area contributed by atoms with E-state index in [0.29, 0.717) is 23.5 Å². The van der Waals surface area contributed by atoms with Crippen LogP contribution in [0.5, 0.6) is 0 Å². The van der Waals surface area contributed by atoms with Crippen LogP contribution in [-0.2, 0) is 14.3 Å². The summed E-state index contributed by atoms with van der Waals surface area (Å²) >= 11 is 0. The maximum Gasteiger partial charge on any atom is 0.160 e. The minimum absolute atomic E-state index is 0.130. The quantitative estimate of drug-likeness (QED) is 0.485. The number of aliphatic hydroxyl groups is 2. The van der Waals surface area contributed by atoms with Crippen LogP contribution in [0.4, 0.5) is 0 Å². The number of hydrogen-bond acceptors (Lipinski definition) is 5. The lowest BCUT2D eigenvalue weighted by molar-refractivity contribution is -0.184. The summed E-state index contributed by atoms with van der Waals surface area (Å²) < 4.78 is 12.1. The molecule has 36 heavy (non-hydrogen) atoms. The van der Waals surface area contributed by atoms with Gasteiger partial charge >= 0.3 is 0 Å². The molecular weight excluding hydrogens is 452 g/mol. The SMILES string of the molecule is CO[C@@H]1O[C@H]([C@@H](O)C(C)(C)O)C[C@@H]1[C@H]1CC[C@]2(C)C3=CC[C@H]4C(C)(C)C(=O)CC[C@]4(C)[C@H]3CC[C@@]12C. The van der Waals surface area contributed by atoms with E-state index in [-0.39, 0.29) is 33.9 Å². The number of Topliss-reactive ketones (excluding diaryl/α,β-unsaturated/α-hetero) is 1. The van der Waals surface area contributed by atoms with Crippen LogP contribution in [-0.4, -0.2) is 47.2 Å². The van der Waals surface area contributed by atoms with E-state index in [2.05, 4.69) is 40.7 Å². The van der Waals surface area contributed by atoms with Gasteiger partial charge in [-0.25, -0.2) is 0 Å². The molecule has 4 fully saturated rings. The second-order valence-electron chi connectivity index (χ2n) is 14.9. The van der Waals surface area contributed by atoms with Gasteiger partial charge in [0.1, 0.15) is 11.9 Å². The van der Waals surface area contributed by atoms with Gasteiger partial charge in [0.25, 0.3) is 0 Å².